The first kappa shape index (κ1) is 27.4. The summed E-state index contributed by atoms with van der Waals surface area (Å²) >= 11 is 0. The Bertz CT molecular complexity index is 1330. The van der Waals surface area contributed by atoms with Crippen molar-refractivity contribution in [2.45, 2.75) is 139 Å². The molecule has 6 heteroatoms. The van der Waals surface area contributed by atoms with E-state index in [0.29, 0.717) is 12.1 Å². The van der Waals surface area contributed by atoms with Crippen molar-refractivity contribution in [3.05, 3.63) is 48.3 Å². The molecule has 42 heavy (non-hydrogen) atoms. The predicted octanol–water partition coefficient (Wildman–Crippen LogP) is 7.28. The average Bonchev–Trinajstić information content (AvgIpc) is 3.52. The van der Waals surface area contributed by atoms with Crippen molar-refractivity contribution in [2.75, 3.05) is 6.54 Å². The quantitative estimate of drug-likeness (QED) is 0.313. The monoisotopic (exact) mass is 568 g/mol. The number of benzene rings is 1. The van der Waals surface area contributed by atoms with Gasteiger partial charge in [-0.1, -0.05) is 50.7 Å². The van der Waals surface area contributed by atoms with Gasteiger partial charge < -0.3 is 9.13 Å². The van der Waals surface area contributed by atoms with Crippen LogP contribution in [0, 0.1) is 11.8 Å². The fourth-order valence-corrected chi connectivity index (χ4v) is 10.4. The van der Waals surface area contributed by atoms with E-state index >= 15 is 0 Å². The van der Waals surface area contributed by atoms with E-state index in [2.05, 4.69) is 61.4 Å². The highest BCUT2D eigenvalue weighted by Crippen LogP contribution is 2.47. The maximum absolute atomic E-state index is 5.38. The number of hydrogen-bond acceptors (Lipinski definition) is 4. The van der Waals surface area contributed by atoms with Crippen LogP contribution in [0.3, 0.4) is 0 Å². The normalized spacial score (nSPS) is 34.5. The standard InChI is InChI=1S/C36H52N6/c1-39-18-16-37-36(39)25-40-17-7-6-11-28(40)24-35-38-33-14-4-5-15-34(33)42(35)32-22-29-12-8-13-30(23-32)41(29)31-20-26-9-2-3-10-27(19-26)21-31/h4-5,14-16,18,26-32H,2-3,6-13,17,19-25H2,1H3/t26-,27+,28-,29-,30+,31?,32?/m0/s1. The van der Waals surface area contributed by atoms with Crippen LogP contribution in [-0.2, 0) is 20.0 Å². The number of fused-ring (bicyclic) bond motifs is 5. The van der Waals surface area contributed by atoms with E-state index in [9.17, 15) is 0 Å². The van der Waals surface area contributed by atoms with Crippen molar-refractivity contribution in [3.8, 4) is 0 Å². The van der Waals surface area contributed by atoms with Crippen LogP contribution < -0.4 is 0 Å². The lowest BCUT2D eigenvalue weighted by atomic mass is 9.73. The van der Waals surface area contributed by atoms with Gasteiger partial charge in [-0.3, -0.25) is 9.80 Å². The van der Waals surface area contributed by atoms with Crippen molar-refractivity contribution in [3.63, 3.8) is 0 Å². The van der Waals surface area contributed by atoms with E-state index in [4.69, 9.17) is 4.98 Å². The molecule has 3 saturated heterocycles. The van der Waals surface area contributed by atoms with Gasteiger partial charge in [-0.2, -0.15) is 0 Å². The number of para-hydroxylation sites is 2. The molecule has 3 aromatic rings. The number of nitrogens with zero attached hydrogens (tertiary/aromatic N) is 6. The third-order valence-corrected chi connectivity index (χ3v) is 12.2. The number of hydrogen-bond donors (Lipinski definition) is 0. The van der Waals surface area contributed by atoms with Gasteiger partial charge in [-0.15, -0.1) is 0 Å². The largest absolute Gasteiger partial charge is 0.337 e. The van der Waals surface area contributed by atoms with Crippen molar-refractivity contribution in [1.82, 2.24) is 28.9 Å². The van der Waals surface area contributed by atoms with Crippen LogP contribution in [-0.4, -0.2) is 59.6 Å². The number of imidazole rings is 2. The molecule has 5 aliphatic rings. The molecule has 0 radical (unpaired) electrons. The number of aryl methyl sites for hydroxylation is 1. The minimum absolute atomic E-state index is 0.538. The fourth-order valence-electron chi connectivity index (χ4n) is 10.4. The third-order valence-electron chi connectivity index (χ3n) is 12.2. The lowest BCUT2D eigenvalue weighted by Crippen LogP contribution is -2.58. The zero-order valence-electron chi connectivity index (χ0n) is 25.9. The number of piperidine rings is 3. The Labute approximate surface area is 252 Å². The first-order valence-corrected chi connectivity index (χ1v) is 17.6. The SMILES string of the molecule is Cn1ccnc1CN1CCCC[C@H]1Cc1nc2ccccc2n1C1C[C@H]2CCC[C@@H](C1)N2C1C[C@H]2CCCC[C@@H](C1)C2. The van der Waals surface area contributed by atoms with Crippen LogP contribution in [0.4, 0.5) is 0 Å². The Balaban J connectivity index is 1.06. The summed E-state index contributed by atoms with van der Waals surface area (Å²) in [4.78, 5) is 15.9. The molecule has 7 atom stereocenters. The van der Waals surface area contributed by atoms with Gasteiger partial charge in [0, 0.05) is 56.1 Å². The van der Waals surface area contributed by atoms with E-state index in [1.807, 2.05) is 6.20 Å². The summed E-state index contributed by atoms with van der Waals surface area (Å²) in [7, 11) is 2.13. The minimum atomic E-state index is 0.538. The molecule has 8 rings (SSSR count). The second-order valence-corrected chi connectivity index (χ2v) is 14.9. The van der Waals surface area contributed by atoms with Crippen LogP contribution in [0.5, 0.6) is 0 Å². The Hall–Kier alpha value is -2.18. The lowest BCUT2D eigenvalue weighted by molar-refractivity contribution is -0.0421. The third kappa shape index (κ3) is 5.25. The predicted molar refractivity (Wildman–Crippen MR) is 169 cm³/mol. The smallest absolute Gasteiger partial charge is 0.122 e. The van der Waals surface area contributed by atoms with Crippen LogP contribution >= 0.6 is 0 Å². The molecular weight excluding hydrogens is 516 g/mol. The number of aromatic nitrogens is 4. The highest BCUT2D eigenvalue weighted by atomic mass is 15.3. The molecule has 3 aliphatic heterocycles. The number of rotatable bonds is 6. The van der Waals surface area contributed by atoms with Gasteiger partial charge >= 0.3 is 0 Å². The van der Waals surface area contributed by atoms with Gasteiger partial charge in [-0.25, -0.2) is 9.97 Å². The number of likely N-dealkylation sites (tertiary alicyclic amines) is 1. The molecule has 6 nitrogen and oxygen atoms in total. The van der Waals surface area contributed by atoms with Crippen molar-refractivity contribution < 1.29 is 0 Å². The van der Waals surface area contributed by atoms with Crippen LogP contribution in [0.15, 0.2) is 36.7 Å². The Morgan fingerprint density at radius 2 is 1.50 bits per heavy atom. The summed E-state index contributed by atoms with van der Waals surface area (Å²) in [5, 5.41) is 0. The van der Waals surface area contributed by atoms with E-state index in [1.54, 1.807) is 0 Å². The molecule has 5 heterocycles. The van der Waals surface area contributed by atoms with Gasteiger partial charge in [0.1, 0.15) is 11.6 Å². The van der Waals surface area contributed by atoms with Crippen molar-refractivity contribution in [2.24, 2.45) is 18.9 Å². The lowest BCUT2D eigenvalue weighted by Gasteiger charge is -2.54. The minimum Gasteiger partial charge on any atom is -0.337 e. The van der Waals surface area contributed by atoms with Gasteiger partial charge in [0.15, 0.2) is 0 Å². The van der Waals surface area contributed by atoms with Gasteiger partial charge in [0.2, 0.25) is 0 Å². The molecule has 0 spiro atoms. The van der Waals surface area contributed by atoms with E-state index in [-0.39, 0.29) is 0 Å². The summed E-state index contributed by atoms with van der Waals surface area (Å²) in [5.41, 5.74) is 2.57. The summed E-state index contributed by atoms with van der Waals surface area (Å²) in [6.07, 6.45) is 26.3. The second-order valence-electron chi connectivity index (χ2n) is 14.9. The molecule has 2 aromatic heterocycles. The molecule has 1 aromatic carbocycles. The molecule has 4 bridgehead atoms. The summed E-state index contributed by atoms with van der Waals surface area (Å²) in [6.45, 7) is 2.12. The zero-order valence-corrected chi connectivity index (χ0v) is 25.9. The molecule has 226 valence electrons. The topological polar surface area (TPSA) is 42.1 Å². The fraction of sp³-hybridized carbons (Fsp3) is 0.722. The Morgan fingerprint density at radius 1 is 0.738 bits per heavy atom. The van der Waals surface area contributed by atoms with E-state index < -0.39 is 0 Å². The first-order chi connectivity index (χ1) is 20.7. The molecule has 0 N–H and O–H groups in total. The van der Waals surface area contributed by atoms with Crippen molar-refractivity contribution in [1.29, 1.82) is 0 Å². The van der Waals surface area contributed by atoms with E-state index in [0.717, 1.165) is 42.9 Å². The molecule has 5 fully saturated rings. The van der Waals surface area contributed by atoms with E-state index in [1.165, 1.54) is 126 Å². The summed E-state index contributed by atoms with van der Waals surface area (Å²) in [6, 6.07) is 12.5. The molecule has 0 amide bonds. The molecular formula is C36H52N6. The van der Waals surface area contributed by atoms with Crippen molar-refractivity contribution >= 4 is 11.0 Å². The highest BCUT2D eigenvalue weighted by molar-refractivity contribution is 5.76. The molecule has 2 saturated carbocycles. The molecule has 2 unspecified atom stereocenters. The van der Waals surface area contributed by atoms with Crippen LogP contribution in [0.2, 0.25) is 0 Å². The van der Waals surface area contributed by atoms with Crippen LogP contribution in [0.25, 0.3) is 11.0 Å². The average molecular weight is 569 g/mol. The second kappa shape index (κ2) is 11.7. The van der Waals surface area contributed by atoms with Crippen LogP contribution in [0.1, 0.15) is 114 Å². The van der Waals surface area contributed by atoms with Gasteiger partial charge in [0.25, 0.3) is 0 Å². The zero-order chi connectivity index (χ0) is 28.0. The van der Waals surface area contributed by atoms with Gasteiger partial charge in [-0.05, 0) is 88.3 Å². The Morgan fingerprint density at radius 3 is 2.26 bits per heavy atom. The highest BCUT2D eigenvalue weighted by Gasteiger charge is 2.45. The first-order valence-electron chi connectivity index (χ1n) is 17.6. The summed E-state index contributed by atoms with van der Waals surface area (Å²) < 4.78 is 4.95. The Kier molecular flexibility index (Phi) is 7.64. The maximum atomic E-state index is 5.38. The molecule has 2 aliphatic carbocycles. The van der Waals surface area contributed by atoms with Gasteiger partial charge in [0.05, 0.1) is 17.6 Å². The summed E-state index contributed by atoms with van der Waals surface area (Å²) in [5.74, 6) is 4.53. The maximum Gasteiger partial charge on any atom is 0.122 e.